The molecule has 1 atom stereocenters. The van der Waals surface area contributed by atoms with E-state index < -0.39 is 5.97 Å². The lowest BCUT2D eigenvalue weighted by Gasteiger charge is -2.24. The molecule has 2 aromatic carbocycles. The van der Waals surface area contributed by atoms with Crippen LogP contribution in [-0.4, -0.2) is 30.2 Å². The van der Waals surface area contributed by atoms with E-state index in [1.165, 1.54) is 11.3 Å². The predicted molar refractivity (Wildman–Crippen MR) is 125 cm³/mol. The van der Waals surface area contributed by atoms with Crippen LogP contribution >= 0.6 is 11.3 Å². The molecule has 0 saturated heterocycles. The zero-order chi connectivity index (χ0) is 22.7. The molecule has 0 saturated carbocycles. The molecule has 2 heterocycles. The Morgan fingerprint density at radius 2 is 1.91 bits per heavy atom. The molecule has 166 valence electrons. The van der Waals surface area contributed by atoms with Crippen LogP contribution in [0.25, 0.3) is 11.1 Å². The van der Waals surface area contributed by atoms with Crippen molar-refractivity contribution < 1.29 is 24.2 Å². The quantitative estimate of drug-likeness (QED) is 0.454. The number of benzene rings is 2. The lowest BCUT2D eigenvalue weighted by Crippen LogP contribution is -2.22. The summed E-state index contributed by atoms with van der Waals surface area (Å²) in [4.78, 5) is 25.8. The Kier molecular flexibility index (Phi) is 6.46. The van der Waals surface area contributed by atoms with Crippen molar-refractivity contribution in [2.24, 2.45) is 0 Å². The number of ether oxygens (including phenoxy) is 2. The molecule has 3 aromatic rings. The van der Waals surface area contributed by atoms with Crippen molar-refractivity contribution in [3.8, 4) is 22.6 Å². The molecule has 32 heavy (non-hydrogen) atoms. The van der Waals surface area contributed by atoms with Gasteiger partial charge in [-0.25, -0.2) is 4.79 Å². The molecule has 6 nitrogen and oxygen atoms in total. The first-order chi connectivity index (χ1) is 15.5. The van der Waals surface area contributed by atoms with E-state index in [9.17, 15) is 14.7 Å². The van der Waals surface area contributed by atoms with E-state index in [0.29, 0.717) is 36.0 Å². The summed E-state index contributed by atoms with van der Waals surface area (Å²) in [5.74, 6) is -0.114. The van der Waals surface area contributed by atoms with Gasteiger partial charge in [-0.05, 0) is 36.6 Å². The van der Waals surface area contributed by atoms with Crippen molar-refractivity contribution in [1.82, 2.24) is 0 Å². The maximum Gasteiger partial charge on any atom is 0.346 e. The van der Waals surface area contributed by atoms with Gasteiger partial charge < -0.3 is 19.9 Å². The van der Waals surface area contributed by atoms with Crippen molar-refractivity contribution in [1.29, 1.82) is 0 Å². The number of amides is 1. The largest absolute Gasteiger partial charge is 0.490 e. The summed E-state index contributed by atoms with van der Waals surface area (Å²) in [6.45, 7) is 5.02. The molecular weight excluding hydrogens is 426 g/mol. The number of thiophene rings is 1. The van der Waals surface area contributed by atoms with E-state index in [2.05, 4.69) is 5.32 Å². The third-order valence-corrected chi connectivity index (χ3v) is 6.59. The van der Waals surface area contributed by atoms with E-state index in [1.807, 2.05) is 62.4 Å². The summed E-state index contributed by atoms with van der Waals surface area (Å²) in [6.07, 6.45) is 1.12. The van der Waals surface area contributed by atoms with Gasteiger partial charge >= 0.3 is 5.97 Å². The molecule has 7 heteroatoms. The fourth-order valence-electron chi connectivity index (χ4n) is 3.93. The summed E-state index contributed by atoms with van der Waals surface area (Å²) in [5, 5.41) is 12.8. The van der Waals surface area contributed by atoms with Gasteiger partial charge in [0.1, 0.15) is 4.88 Å². The van der Waals surface area contributed by atoms with Crippen LogP contribution in [-0.2, 0) is 4.79 Å². The zero-order valence-corrected chi connectivity index (χ0v) is 18.8. The summed E-state index contributed by atoms with van der Waals surface area (Å²) in [7, 11) is 0. The Bertz CT molecular complexity index is 1140. The molecule has 0 radical (unpaired) electrons. The number of carbonyl (C=O) groups excluding carboxylic acids is 1. The van der Waals surface area contributed by atoms with Crippen molar-refractivity contribution in [3.05, 3.63) is 63.8 Å². The van der Waals surface area contributed by atoms with Gasteiger partial charge in [0, 0.05) is 22.8 Å². The van der Waals surface area contributed by atoms with Gasteiger partial charge in [-0.2, -0.15) is 0 Å². The fraction of sp³-hybridized carbons (Fsp3) is 0.280. The SMILES string of the molecule is CCCOc1ccc(C2CC(=O)Nc3c2sc(C(=O)O)c3-c2ccccc2)cc1OCC. The minimum atomic E-state index is -1.01. The number of anilines is 1. The molecular formula is C25H25NO5S. The smallest absolute Gasteiger partial charge is 0.346 e. The number of hydrogen-bond donors (Lipinski definition) is 2. The molecule has 1 unspecified atom stereocenters. The Labute approximate surface area is 190 Å². The Balaban J connectivity index is 1.83. The van der Waals surface area contributed by atoms with E-state index >= 15 is 0 Å². The van der Waals surface area contributed by atoms with Crippen molar-refractivity contribution >= 4 is 28.9 Å². The van der Waals surface area contributed by atoms with Gasteiger partial charge in [-0.1, -0.05) is 43.3 Å². The molecule has 0 aliphatic carbocycles. The van der Waals surface area contributed by atoms with Gasteiger partial charge in [0.25, 0.3) is 0 Å². The Morgan fingerprint density at radius 3 is 2.59 bits per heavy atom. The van der Waals surface area contributed by atoms with Crippen LogP contribution in [0.4, 0.5) is 5.69 Å². The third-order valence-electron chi connectivity index (χ3n) is 5.29. The topological polar surface area (TPSA) is 84.9 Å². The molecule has 1 amide bonds. The van der Waals surface area contributed by atoms with Crippen LogP contribution in [0.5, 0.6) is 11.5 Å². The standard InChI is InChI=1S/C25H25NO5S/c1-3-12-31-18-11-10-16(13-19(18)30-4-2)17-14-20(27)26-22-21(15-8-6-5-7-9-15)24(25(28)29)32-23(17)22/h5-11,13,17H,3-4,12,14H2,1-2H3,(H,26,27)(H,28,29). The average molecular weight is 452 g/mol. The van der Waals surface area contributed by atoms with Crippen LogP contribution < -0.4 is 14.8 Å². The molecule has 1 aliphatic heterocycles. The molecule has 0 fully saturated rings. The third kappa shape index (κ3) is 4.21. The summed E-state index contributed by atoms with van der Waals surface area (Å²) in [5.41, 5.74) is 2.81. The van der Waals surface area contributed by atoms with E-state index in [4.69, 9.17) is 9.47 Å². The highest BCUT2D eigenvalue weighted by Crippen LogP contribution is 2.50. The number of hydrogen-bond acceptors (Lipinski definition) is 5. The number of carbonyl (C=O) groups is 2. The number of nitrogens with one attached hydrogen (secondary N) is 1. The number of carboxylic acids is 1. The number of carboxylic acid groups (broad SMARTS) is 1. The second-order valence-corrected chi connectivity index (χ2v) is 8.56. The van der Waals surface area contributed by atoms with Gasteiger partial charge in [0.05, 0.1) is 18.9 Å². The van der Waals surface area contributed by atoms with Crippen LogP contribution in [0.3, 0.4) is 0 Å². The van der Waals surface area contributed by atoms with Gasteiger partial charge in [0.2, 0.25) is 5.91 Å². The first kappa shape index (κ1) is 21.9. The molecule has 0 spiro atoms. The van der Waals surface area contributed by atoms with E-state index in [0.717, 1.165) is 22.4 Å². The summed E-state index contributed by atoms with van der Waals surface area (Å²) in [6, 6.07) is 15.0. The lowest BCUT2D eigenvalue weighted by molar-refractivity contribution is -0.116. The highest BCUT2D eigenvalue weighted by Gasteiger charge is 2.34. The fourth-order valence-corrected chi connectivity index (χ4v) is 5.17. The maximum absolute atomic E-state index is 12.7. The van der Waals surface area contributed by atoms with Gasteiger partial charge in [-0.3, -0.25) is 4.79 Å². The highest BCUT2D eigenvalue weighted by atomic mass is 32.1. The predicted octanol–water partition coefficient (Wildman–Crippen LogP) is 5.77. The van der Waals surface area contributed by atoms with Crippen LogP contribution in [0.15, 0.2) is 48.5 Å². The maximum atomic E-state index is 12.7. The Hall–Kier alpha value is -3.32. The van der Waals surface area contributed by atoms with Crippen molar-refractivity contribution in [2.45, 2.75) is 32.6 Å². The number of fused-ring (bicyclic) bond motifs is 1. The van der Waals surface area contributed by atoms with E-state index in [1.54, 1.807) is 0 Å². The summed E-state index contributed by atoms with van der Waals surface area (Å²) >= 11 is 1.22. The molecule has 1 aromatic heterocycles. The molecule has 2 N–H and O–H groups in total. The average Bonchev–Trinajstić information content (AvgIpc) is 3.18. The highest BCUT2D eigenvalue weighted by molar-refractivity contribution is 7.15. The van der Waals surface area contributed by atoms with E-state index in [-0.39, 0.29) is 23.1 Å². The molecule has 1 aliphatic rings. The second-order valence-electron chi connectivity index (χ2n) is 7.51. The Morgan fingerprint density at radius 1 is 1.12 bits per heavy atom. The van der Waals surface area contributed by atoms with Gasteiger partial charge in [-0.15, -0.1) is 11.3 Å². The minimum absolute atomic E-state index is 0.140. The monoisotopic (exact) mass is 451 g/mol. The lowest BCUT2D eigenvalue weighted by atomic mass is 9.88. The number of aromatic carboxylic acids is 1. The zero-order valence-electron chi connectivity index (χ0n) is 18.0. The van der Waals surface area contributed by atoms with Crippen LogP contribution in [0, 0.1) is 0 Å². The molecule has 0 bridgehead atoms. The first-order valence-electron chi connectivity index (χ1n) is 10.7. The van der Waals surface area contributed by atoms with Gasteiger partial charge in [0.15, 0.2) is 11.5 Å². The minimum Gasteiger partial charge on any atom is -0.490 e. The first-order valence-corrected chi connectivity index (χ1v) is 11.5. The van der Waals surface area contributed by atoms with Crippen LogP contribution in [0.2, 0.25) is 0 Å². The molecule has 4 rings (SSSR count). The van der Waals surface area contributed by atoms with Crippen molar-refractivity contribution in [2.75, 3.05) is 18.5 Å². The number of rotatable bonds is 8. The normalized spacial score (nSPS) is 15.1. The van der Waals surface area contributed by atoms with Crippen LogP contribution in [0.1, 0.15) is 52.7 Å². The van der Waals surface area contributed by atoms with Crippen molar-refractivity contribution in [3.63, 3.8) is 0 Å². The second kappa shape index (κ2) is 9.44. The summed E-state index contributed by atoms with van der Waals surface area (Å²) < 4.78 is 11.6.